The Balaban J connectivity index is 0.000000162. The number of alkyl halides is 2. The second-order valence-electron chi connectivity index (χ2n) is 11.0. The van der Waals surface area contributed by atoms with Crippen LogP contribution in [0.2, 0.25) is 0 Å². The minimum Gasteiger partial charge on any atom is -0.459 e. The van der Waals surface area contributed by atoms with E-state index in [9.17, 15) is 18.4 Å². The minimum absolute atomic E-state index is 0.0146. The first-order chi connectivity index (χ1) is 19.2. The lowest BCUT2D eigenvalue weighted by atomic mass is 9.53. The summed E-state index contributed by atoms with van der Waals surface area (Å²) in [6.45, 7) is 0.459. The van der Waals surface area contributed by atoms with E-state index in [0.29, 0.717) is 18.6 Å². The highest BCUT2D eigenvalue weighted by Gasteiger charge is 2.55. The topological polar surface area (TPSA) is 52.6 Å². The number of rotatable bonds is 8. The second kappa shape index (κ2) is 12.2. The van der Waals surface area contributed by atoms with Gasteiger partial charge in [0, 0.05) is 18.8 Å². The van der Waals surface area contributed by atoms with Crippen LogP contribution >= 0.6 is 0 Å². The molecule has 0 saturated heterocycles. The number of carbonyl (C=O) groups excluding carboxylic acids is 2. The van der Waals surface area contributed by atoms with E-state index in [1.807, 2.05) is 0 Å². The predicted octanol–water partition coefficient (Wildman–Crippen LogP) is 7.13. The Labute approximate surface area is 237 Å². The van der Waals surface area contributed by atoms with Gasteiger partial charge < -0.3 is 9.47 Å². The van der Waals surface area contributed by atoms with Gasteiger partial charge in [-0.15, -0.1) is 0 Å². The number of hydrogen-bond donors (Lipinski definition) is 0. The Bertz CT molecular complexity index is 1170. The Hall–Kier alpha value is -3.03. The Kier molecular flexibility index (Phi) is 8.71. The predicted molar refractivity (Wildman–Crippen MR) is 150 cm³/mol. The molecule has 4 fully saturated rings. The number of hydrogen-bond acceptors (Lipinski definition) is 4. The zero-order chi connectivity index (χ0) is 28.2. The SMILES string of the molecule is CC(F)(F)C(=O)OCCOC12CC3CC(C1)C(=O)C(C3)C2.c1ccc([S+](c2ccccc2)c2ccccc2)cc1. The van der Waals surface area contributed by atoms with Crippen molar-refractivity contribution < 1.29 is 27.8 Å². The molecule has 210 valence electrons. The summed E-state index contributed by atoms with van der Waals surface area (Å²) in [5.41, 5.74) is -0.300. The van der Waals surface area contributed by atoms with E-state index in [2.05, 4.69) is 95.7 Å². The standard InChI is InChI=1S/C18H15S.C15H20F2O4/c1-4-10-16(11-5-1)19(17-12-6-2-7-13-17)18-14-8-3-9-15-18;1-14(16,17)13(19)20-2-3-21-15-6-9-4-10(7-15)12(18)11(5-9)8-15/h1-15H;9-11H,2-8H2,1H3/q+1;. The van der Waals surface area contributed by atoms with E-state index in [1.165, 1.54) is 14.7 Å². The van der Waals surface area contributed by atoms with Crippen molar-refractivity contribution >= 4 is 22.6 Å². The van der Waals surface area contributed by atoms with Crippen LogP contribution in [0.1, 0.15) is 39.0 Å². The first-order valence-corrected chi connectivity index (χ1v) is 15.1. The average Bonchev–Trinajstić information content (AvgIpc) is 2.95. The summed E-state index contributed by atoms with van der Waals surface area (Å²) in [4.78, 5) is 27.1. The van der Waals surface area contributed by atoms with Crippen LogP contribution in [-0.4, -0.2) is 36.5 Å². The fraction of sp³-hybridized carbons (Fsp3) is 0.394. The van der Waals surface area contributed by atoms with Gasteiger partial charge in [-0.05, 0) is 74.4 Å². The van der Waals surface area contributed by atoms with Crippen LogP contribution in [0.25, 0.3) is 0 Å². The highest BCUT2D eigenvalue weighted by atomic mass is 32.2. The number of esters is 1. The number of ketones is 1. The molecule has 7 rings (SSSR count). The largest absolute Gasteiger partial charge is 0.459 e. The molecule has 4 aliphatic carbocycles. The summed E-state index contributed by atoms with van der Waals surface area (Å²) >= 11 is 0. The lowest BCUT2D eigenvalue weighted by Crippen LogP contribution is -2.56. The molecule has 0 aliphatic heterocycles. The molecule has 3 aromatic carbocycles. The molecule has 4 bridgehead atoms. The van der Waals surface area contributed by atoms with Gasteiger partial charge in [0.05, 0.1) is 23.1 Å². The fourth-order valence-corrected chi connectivity index (χ4v) is 8.55. The molecule has 0 amide bonds. The minimum atomic E-state index is -3.47. The van der Waals surface area contributed by atoms with Crippen molar-refractivity contribution in [2.45, 2.75) is 65.2 Å². The van der Waals surface area contributed by atoms with Crippen LogP contribution in [-0.2, 0) is 30.0 Å². The lowest BCUT2D eigenvalue weighted by Gasteiger charge is -2.55. The zero-order valence-electron chi connectivity index (χ0n) is 22.6. The normalized spacial score (nSPS) is 24.9. The quantitative estimate of drug-likeness (QED) is 0.166. The van der Waals surface area contributed by atoms with Gasteiger partial charge in [0.2, 0.25) is 0 Å². The van der Waals surface area contributed by atoms with E-state index in [-0.39, 0.29) is 41.5 Å². The van der Waals surface area contributed by atoms with Gasteiger partial charge in [0.15, 0.2) is 14.7 Å². The molecule has 40 heavy (non-hydrogen) atoms. The third-order valence-electron chi connectivity index (χ3n) is 7.96. The molecule has 4 saturated carbocycles. The fourth-order valence-electron chi connectivity index (χ4n) is 6.45. The summed E-state index contributed by atoms with van der Waals surface area (Å²) in [6.07, 6.45) is 4.34. The van der Waals surface area contributed by atoms with Crippen LogP contribution in [0.15, 0.2) is 106 Å². The molecular weight excluding hydrogens is 530 g/mol. The second-order valence-corrected chi connectivity index (χ2v) is 13.1. The maximum absolute atomic E-state index is 12.6. The number of ether oxygens (including phenoxy) is 2. The number of Topliss-reactive ketones (excluding diaryl/α,β-unsaturated/α-hetero) is 1. The molecule has 0 radical (unpaired) electrons. The summed E-state index contributed by atoms with van der Waals surface area (Å²) in [5, 5.41) is 0. The first-order valence-electron chi connectivity index (χ1n) is 13.9. The van der Waals surface area contributed by atoms with Gasteiger partial charge in [-0.3, -0.25) is 4.79 Å². The highest BCUT2D eigenvalue weighted by Crippen LogP contribution is 2.55. The molecule has 0 spiro atoms. The third-order valence-corrected chi connectivity index (χ3v) is 10.2. The molecule has 3 aromatic rings. The van der Waals surface area contributed by atoms with Crippen molar-refractivity contribution in [1.82, 2.24) is 0 Å². The zero-order valence-corrected chi connectivity index (χ0v) is 23.5. The van der Waals surface area contributed by atoms with Crippen molar-refractivity contribution in [1.29, 1.82) is 0 Å². The van der Waals surface area contributed by atoms with Crippen LogP contribution in [0.4, 0.5) is 8.78 Å². The monoisotopic (exact) mass is 565 g/mol. The maximum atomic E-state index is 12.6. The Morgan fingerprint density at radius 1 is 0.800 bits per heavy atom. The number of benzene rings is 3. The molecule has 2 atom stereocenters. The van der Waals surface area contributed by atoms with E-state index in [4.69, 9.17) is 4.74 Å². The van der Waals surface area contributed by atoms with Crippen molar-refractivity contribution in [2.24, 2.45) is 17.8 Å². The summed E-state index contributed by atoms with van der Waals surface area (Å²) in [7, 11) is -0.0146. The van der Waals surface area contributed by atoms with Gasteiger partial charge in [0.25, 0.3) is 0 Å². The van der Waals surface area contributed by atoms with Crippen LogP contribution in [0, 0.1) is 17.8 Å². The molecule has 7 heteroatoms. The number of halogens is 2. The first kappa shape index (κ1) is 28.5. The summed E-state index contributed by atoms with van der Waals surface area (Å²) < 4.78 is 35.7. The van der Waals surface area contributed by atoms with Crippen LogP contribution in [0.3, 0.4) is 0 Å². The van der Waals surface area contributed by atoms with Gasteiger partial charge in [-0.25, -0.2) is 4.79 Å². The molecule has 4 nitrogen and oxygen atoms in total. The Morgan fingerprint density at radius 3 is 1.68 bits per heavy atom. The van der Waals surface area contributed by atoms with E-state index >= 15 is 0 Å². The van der Waals surface area contributed by atoms with Gasteiger partial charge in [0.1, 0.15) is 12.4 Å². The van der Waals surface area contributed by atoms with Crippen molar-refractivity contribution in [3.05, 3.63) is 91.0 Å². The average molecular weight is 566 g/mol. The summed E-state index contributed by atoms with van der Waals surface area (Å²) in [5.74, 6) is -3.85. The molecule has 0 heterocycles. The van der Waals surface area contributed by atoms with Crippen molar-refractivity contribution in [2.75, 3.05) is 13.2 Å². The van der Waals surface area contributed by atoms with E-state index in [0.717, 1.165) is 32.1 Å². The number of carbonyl (C=O) groups is 2. The van der Waals surface area contributed by atoms with Crippen molar-refractivity contribution in [3.63, 3.8) is 0 Å². The summed E-state index contributed by atoms with van der Waals surface area (Å²) in [6, 6.07) is 32.2. The van der Waals surface area contributed by atoms with Crippen molar-refractivity contribution in [3.8, 4) is 0 Å². The smallest absolute Gasteiger partial charge is 0.376 e. The molecule has 4 aliphatic rings. The van der Waals surface area contributed by atoms with E-state index in [1.54, 1.807) is 0 Å². The maximum Gasteiger partial charge on any atom is 0.376 e. The van der Waals surface area contributed by atoms with Crippen LogP contribution < -0.4 is 0 Å². The van der Waals surface area contributed by atoms with Gasteiger partial charge in [-0.1, -0.05) is 54.6 Å². The van der Waals surface area contributed by atoms with Crippen LogP contribution in [0.5, 0.6) is 0 Å². The Morgan fingerprint density at radius 2 is 1.25 bits per heavy atom. The highest BCUT2D eigenvalue weighted by molar-refractivity contribution is 7.97. The lowest BCUT2D eigenvalue weighted by molar-refractivity contribution is -0.186. The van der Waals surface area contributed by atoms with Gasteiger partial charge >= 0.3 is 11.9 Å². The molecular formula is C33H35F2O4S+. The van der Waals surface area contributed by atoms with Gasteiger partial charge in [-0.2, -0.15) is 8.78 Å². The molecule has 2 unspecified atom stereocenters. The molecule has 0 aromatic heterocycles. The van der Waals surface area contributed by atoms with E-state index < -0.39 is 11.9 Å². The molecule has 0 N–H and O–H groups in total. The third kappa shape index (κ3) is 6.64.